The highest BCUT2D eigenvalue weighted by Crippen LogP contribution is 2.25. The molecular formula is C22H30N2O3. The van der Waals surface area contributed by atoms with Crippen LogP contribution in [0.25, 0.3) is 0 Å². The van der Waals surface area contributed by atoms with Crippen molar-refractivity contribution >= 4 is 11.8 Å². The van der Waals surface area contributed by atoms with E-state index in [0.717, 1.165) is 31.2 Å². The van der Waals surface area contributed by atoms with Crippen LogP contribution in [0.4, 0.5) is 0 Å². The van der Waals surface area contributed by atoms with Crippen LogP contribution >= 0.6 is 0 Å². The number of nitrogens with one attached hydrogen (secondary N) is 1. The molecule has 146 valence electrons. The number of benzene rings is 1. The van der Waals surface area contributed by atoms with Gasteiger partial charge in [-0.05, 0) is 44.1 Å². The maximum atomic E-state index is 13.3. The Kier molecular flexibility index (Phi) is 7.04. The summed E-state index contributed by atoms with van der Waals surface area (Å²) in [6, 6.07) is 9.17. The van der Waals surface area contributed by atoms with Gasteiger partial charge in [0.05, 0.1) is 6.04 Å². The Bertz CT molecular complexity index is 671. The molecule has 1 fully saturated rings. The summed E-state index contributed by atoms with van der Waals surface area (Å²) in [4.78, 5) is 27.1. The average Bonchev–Trinajstić information content (AvgIpc) is 2.72. The smallest absolute Gasteiger partial charge is 0.254 e. The van der Waals surface area contributed by atoms with Gasteiger partial charge in [-0.25, -0.2) is 0 Å². The summed E-state index contributed by atoms with van der Waals surface area (Å²) >= 11 is 0. The monoisotopic (exact) mass is 370 g/mol. The molecule has 1 aromatic carbocycles. The second kappa shape index (κ2) is 9.70. The number of carbonyl (C=O) groups excluding carboxylic acids is 2. The predicted molar refractivity (Wildman–Crippen MR) is 105 cm³/mol. The first kappa shape index (κ1) is 19.6. The lowest BCUT2D eigenvalue weighted by Gasteiger charge is -2.35. The third kappa shape index (κ3) is 5.19. The average molecular weight is 370 g/mol. The Morgan fingerprint density at radius 3 is 2.74 bits per heavy atom. The molecular weight excluding hydrogens is 340 g/mol. The van der Waals surface area contributed by atoms with E-state index in [4.69, 9.17) is 4.74 Å². The van der Waals surface area contributed by atoms with Crippen molar-refractivity contribution in [3.05, 3.63) is 47.5 Å². The van der Waals surface area contributed by atoms with Crippen molar-refractivity contribution in [2.45, 2.75) is 57.6 Å². The first-order valence-corrected chi connectivity index (χ1v) is 10.1. The van der Waals surface area contributed by atoms with Gasteiger partial charge in [0.1, 0.15) is 6.61 Å². The molecule has 2 unspecified atom stereocenters. The lowest BCUT2D eigenvalue weighted by molar-refractivity contribution is -0.155. The molecule has 1 aromatic rings. The van der Waals surface area contributed by atoms with Gasteiger partial charge in [-0.1, -0.05) is 48.9 Å². The molecule has 1 aliphatic heterocycles. The largest absolute Gasteiger partial charge is 0.356 e. The maximum Gasteiger partial charge on any atom is 0.254 e. The lowest BCUT2D eigenvalue weighted by atomic mass is 9.96. The summed E-state index contributed by atoms with van der Waals surface area (Å²) in [7, 11) is 0. The molecule has 0 spiro atoms. The minimum absolute atomic E-state index is 0.0258. The van der Waals surface area contributed by atoms with Gasteiger partial charge in [-0.3, -0.25) is 9.59 Å². The van der Waals surface area contributed by atoms with Crippen molar-refractivity contribution in [3.63, 3.8) is 0 Å². The second-order valence-electron chi connectivity index (χ2n) is 7.37. The van der Waals surface area contributed by atoms with E-state index in [-0.39, 0.29) is 18.4 Å². The summed E-state index contributed by atoms with van der Waals surface area (Å²) in [5, 5.41) is 2.94. The number of amides is 2. The van der Waals surface area contributed by atoms with Crippen molar-refractivity contribution in [2.24, 2.45) is 0 Å². The zero-order valence-electron chi connectivity index (χ0n) is 16.2. The van der Waals surface area contributed by atoms with Crippen molar-refractivity contribution in [3.8, 4) is 0 Å². The highest BCUT2D eigenvalue weighted by Gasteiger charge is 2.38. The van der Waals surface area contributed by atoms with Gasteiger partial charge in [0.15, 0.2) is 6.10 Å². The molecule has 5 nitrogen and oxygen atoms in total. The molecule has 3 rings (SSSR count). The Morgan fingerprint density at radius 2 is 2.04 bits per heavy atom. The molecule has 2 atom stereocenters. The first-order valence-electron chi connectivity index (χ1n) is 10.1. The molecule has 0 bridgehead atoms. The van der Waals surface area contributed by atoms with Crippen LogP contribution in [0.1, 0.15) is 57.1 Å². The SMILES string of the molecule is CCCN(CCC1=CCCCC1)C(=O)C1OCC(=O)NC1c1ccccc1. The summed E-state index contributed by atoms with van der Waals surface area (Å²) in [6.45, 7) is 3.44. The minimum Gasteiger partial charge on any atom is -0.356 e. The molecule has 2 aliphatic rings. The highest BCUT2D eigenvalue weighted by molar-refractivity contribution is 5.86. The van der Waals surface area contributed by atoms with Gasteiger partial charge in [-0.15, -0.1) is 0 Å². The van der Waals surface area contributed by atoms with Gasteiger partial charge in [-0.2, -0.15) is 0 Å². The number of hydrogen-bond donors (Lipinski definition) is 1. The van der Waals surface area contributed by atoms with Gasteiger partial charge in [0.25, 0.3) is 5.91 Å². The van der Waals surface area contributed by atoms with E-state index in [1.807, 2.05) is 35.2 Å². The quantitative estimate of drug-likeness (QED) is 0.749. The third-order valence-corrected chi connectivity index (χ3v) is 5.31. The molecule has 0 saturated carbocycles. The van der Waals surface area contributed by atoms with Gasteiger partial charge >= 0.3 is 0 Å². The molecule has 27 heavy (non-hydrogen) atoms. The topological polar surface area (TPSA) is 58.6 Å². The van der Waals surface area contributed by atoms with E-state index >= 15 is 0 Å². The van der Waals surface area contributed by atoms with Crippen LogP contribution in [-0.2, 0) is 14.3 Å². The van der Waals surface area contributed by atoms with E-state index in [2.05, 4.69) is 18.3 Å². The van der Waals surface area contributed by atoms with Gasteiger partial charge in [0, 0.05) is 13.1 Å². The predicted octanol–water partition coefficient (Wildman–Crippen LogP) is 3.37. The fourth-order valence-electron chi connectivity index (χ4n) is 3.88. The highest BCUT2D eigenvalue weighted by atomic mass is 16.5. The Labute approximate surface area is 161 Å². The van der Waals surface area contributed by atoms with Crippen LogP contribution in [-0.4, -0.2) is 42.5 Å². The molecule has 1 aliphatic carbocycles. The minimum atomic E-state index is -0.669. The van der Waals surface area contributed by atoms with Crippen LogP contribution in [0.2, 0.25) is 0 Å². The van der Waals surface area contributed by atoms with E-state index < -0.39 is 12.1 Å². The van der Waals surface area contributed by atoms with Crippen molar-refractivity contribution in [1.29, 1.82) is 0 Å². The fraction of sp³-hybridized carbons (Fsp3) is 0.545. The first-order chi connectivity index (χ1) is 13.2. The molecule has 2 amide bonds. The van der Waals surface area contributed by atoms with E-state index in [1.165, 1.54) is 18.4 Å². The van der Waals surface area contributed by atoms with Crippen LogP contribution in [0.5, 0.6) is 0 Å². The van der Waals surface area contributed by atoms with Crippen molar-refractivity contribution in [2.75, 3.05) is 19.7 Å². The lowest BCUT2D eigenvalue weighted by Crippen LogP contribution is -2.53. The summed E-state index contributed by atoms with van der Waals surface area (Å²) in [5.74, 6) is -0.204. The fourth-order valence-corrected chi connectivity index (χ4v) is 3.88. The summed E-state index contributed by atoms with van der Waals surface area (Å²) < 4.78 is 5.72. The number of ether oxygens (including phenoxy) is 1. The van der Waals surface area contributed by atoms with Crippen LogP contribution in [0, 0.1) is 0 Å². The van der Waals surface area contributed by atoms with E-state index in [0.29, 0.717) is 13.1 Å². The third-order valence-electron chi connectivity index (χ3n) is 5.31. The Hall–Kier alpha value is -2.14. The standard InChI is InChI=1S/C22H30N2O3/c1-2-14-24(15-13-17-9-5-3-6-10-17)22(26)21-20(23-19(25)16-27-21)18-11-7-4-8-12-18/h4,7-9,11-12,20-21H,2-3,5-6,10,13-16H2,1H3,(H,23,25). The van der Waals surface area contributed by atoms with E-state index in [1.54, 1.807) is 0 Å². The molecule has 1 N–H and O–H groups in total. The zero-order valence-corrected chi connectivity index (χ0v) is 16.2. The maximum absolute atomic E-state index is 13.3. The van der Waals surface area contributed by atoms with Crippen LogP contribution in [0.3, 0.4) is 0 Å². The van der Waals surface area contributed by atoms with Gasteiger partial charge < -0.3 is 15.0 Å². The number of nitrogens with zero attached hydrogens (tertiary/aromatic N) is 1. The number of morpholine rings is 1. The van der Waals surface area contributed by atoms with Crippen molar-refractivity contribution in [1.82, 2.24) is 10.2 Å². The molecule has 1 heterocycles. The summed E-state index contributed by atoms with van der Waals surface area (Å²) in [6.07, 6.45) is 8.33. The molecule has 0 aromatic heterocycles. The second-order valence-corrected chi connectivity index (χ2v) is 7.37. The Balaban J connectivity index is 1.72. The normalized spacial score (nSPS) is 22.7. The number of carbonyl (C=O) groups is 2. The van der Waals surface area contributed by atoms with Crippen molar-refractivity contribution < 1.29 is 14.3 Å². The summed E-state index contributed by atoms with van der Waals surface area (Å²) in [5.41, 5.74) is 2.36. The van der Waals surface area contributed by atoms with Crippen LogP contribution in [0.15, 0.2) is 42.0 Å². The van der Waals surface area contributed by atoms with Gasteiger partial charge in [0.2, 0.25) is 5.91 Å². The molecule has 0 radical (unpaired) electrons. The zero-order chi connectivity index (χ0) is 19.1. The number of allylic oxidation sites excluding steroid dienone is 1. The number of hydrogen-bond acceptors (Lipinski definition) is 3. The number of rotatable bonds is 7. The molecule has 1 saturated heterocycles. The van der Waals surface area contributed by atoms with E-state index in [9.17, 15) is 9.59 Å². The molecule has 5 heteroatoms. The Morgan fingerprint density at radius 1 is 1.22 bits per heavy atom. The van der Waals surface area contributed by atoms with Crippen LogP contribution < -0.4 is 5.32 Å².